The van der Waals surface area contributed by atoms with Gasteiger partial charge in [-0.1, -0.05) is 22.9 Å². The van der Waals surface area contributed by atoms with Gasteiger partial charge < -0.3 is 10.1 Å². The minimum Gasteiger partial charge on any atom is -0.465 e. The highest BCUT2D eigenvalue weighted by molar-refractivity contribution is 7.17. The predicted molar refractivity (Wildman–Crippen MR) is 73.2 cm³/mol. The van der Waals surface area contributed by atoms with E-state index in [4.69, 9.17) is 11.6 Å². The third-order valence-electron chi connectivity index (χ3n) is 2.43. The van der Waals surface area contributed by atoms with Gasteiger partial charge in [0.25, 0.3) is 0 Å². The number of nitrogens with one attached hydrogen (secondary N) is 1. The van der Waals surface area contributed by atoms with Gasteiger partial charge in [-0.25, -0.2) is 9.78 Å². The van der Waals surface area contributed by atoms with Crippen molar-refractivity contribution in [2.45, 2.75) is 6.18 Å². The Morgan fingerprint density at radius 1 is 1.43 bits per heavy atom. The summed E-state index contributed by atoms with van der Waals surface area (Å²) in [6.45, 7) is 0. The van der Waals surface area contributed by atoms with Gasteiger partial charge in [-0.15, -0.1) is 0 Å². The second kappa shape index (κ2) is 5.90. The van der Waals surface area contributed by atoms with Crippen LogP contribution >= 0.6 is 22.9 Å². The first kappa shape index (κ1) is 15.6. The molecule has 0 atom stereocenters. The minimum atomic E-state index is -4.46. The Bertz CT molecular complexity index is 673. The first-order chi connectivity index (χ1) is 9.81. The Balaban J connectivity index is 2.20. The molecule has 9 heteroatoms. The highest BCUT2D eigenvalue weighted by Gasteiger charge is 2.30. The Morgan fingerprint density at radius 3 is 2.71 bits per heavy atom. The number of rotatable bonds is 3. The quantitative estimate of drug-likeness (QED) is 0.847. The summed E-state index contributed by atoms with van der Waals surface area (Å²) in [6, 6.07) is 2.92. The molecule has 1 N–H and O–H groups in total. The molecule has 1 aromatic heterocycles. The van der Waals surface area contributed by atoms with Crippen molar-refractivity contribution in [3.05, 3.63) is 39.9 Å². The number of thiazole rings is 1. The molecule has 0 fully saturated rings. The van der Waals surface area contributed by atoms with Crippen LogP contribution in [0.1, 0.15) is 15.2 Å². The number of halogens is 4. The minimum absolute atomic E-state index is 0.0976. The average Bonchev–Trinajstić information content (AvgIpc) is 2.87. The van der Waals surface area contributed by atoms with E-state index in [2.05, 4.69) is 15.0 Å². The number of hydrogen-bond acceptors (Lipinski definition) is 5. The summed E-state index contributed by atoms with van der Waals surface area (Å²) in [5.74, 6) is -0.543. The monoisotopic (exact) mass is 336 g/mol. The lowest BCUT2D eigenvalue weighted by Crippen LogP contribution is -2.05. The predicted octanol–water partition coefficient (Wildman–Crippen LogP) is 4.35. The van der Waals surface area contributed by atoms with Gasteiger partial charge in [0, 0.05) is 0 Å². The van der Waals surface area contributed by atoms with E-state index in [9.17, 15) is 18.0 Å². The molecule has 0 aliphatic carbocycles. The number of esters is 1. The van der Waals surface area contributed by atoms with Crippen LogP contribution < -0.4 is 5.32 Å². The van der Waals surface area contributed by atoms with Crippen molar-refractivity contribution < 1.29 is 22.7 Å². The number of hydrogen-bond donors (Lipinski definition) is 1. The number of carbonyl (C=O) groups is 1. The van der Waals surface area contributed by atoms with E-state index in [1.54, 1.807) is 0 Å². The van der Waals surface area contributed by atoms with E-state index in [1.165, 1.54) is 19.4 Å². The molecule has 2 aromatic rings. The van der Waals surface area contributed by atoms with E-state index < -0.39 is 17.7 Å². The van der Waals surface area contributed by atoms with Gasteiger partial charge in [0.15, 0.2) is 5.13 Å². The van der Waals surface area contributed by atoms with E-state index in [0.29, 0.717) is 5.13 Å². The second-order valence-electron chi connectivity index (χ2n) is 3.84. The van der Waals surface area contributed by atoms with E-state index in [0.717, 1.165) is 23.5 Å². The fourth-order valence-corrected chi connectivity index (χ4v) is 2.41. The molecule has 1 heterocycles. The molecule has 0 aliphatic heterocycles. The summed E-state index contributed by atoms with van der Waals surface area (Å²) in [5, 5.41) is 2.97. The zero-order valence-electron chi connectivity index (χ0n) is 10.5. The average molecular weight is 337 g/mol. The molecule has 0 radical (unpaired) electrons. The number of carbonyl (C=O) groups excluding carboxylic acids is 1. The summed E-state index contributed by atoms with van der Waals surface area (Å²) >= 11 is 6.81. The van der Waals surface area contributed by atoms with Gasteiger partial charge in [-0.05, 0) is 18.2 Å². The number of aromatic nitrogens is 1. The van der Waals surface area contributed by atoms with Gasteiger partial charge in [-0.2, -0.15) is 13.2 Å². The highest BCUT2D eigenvalue weighted by Crippen LogP contribution is 2.35. The number of benzene rings is 1. The van der Waals surface area contributed by atoms with Gasteiger partial charge in [0.2, 0.25) is 0 Å². The summed E-state index contributed by atoms with van der Waals surface area (Å²) < 4.78 is 42.1. The zero-order chi connectivity index (χ0) is 15.6. The molecule has 0 saturated heterocycles. The molecule has 0 saturated carbocycles. The van der Waals surface area contributed by atoms with Crippen molar-refractivity contribution >= 4 is 39.7 Å². The van der Waals surface area contributed by atoms with Crippen LogP contribution in [0.15, 0.2) is 24.4 Å². The Labute approximate surface area is 126 Å². The van der Waals surface area contributed by atoms with Crippen molar-refractivity contribution in [1.29, 1.82) is 0 Å². The first-order valence-electron chi connectivity index (χ1n) is 5.49. The Morgan fingerprint density at radius 2 is 2.14 bits per heavy atom. The van der Waals surface area contributed by atoms with Crippen molar-refractivity contribution in [3.8, 4) is 0 Å². The van der Waals surface area contributed by atoms with E-state index in [1.807, 2.05) is 0 Å². The van der Waals surface area contributed by atoms with Gasteiger partial charge >= 0.3 is 12.1 Å². The van der Waals surface area contributed by atoms with Crippen LogP contribution in [0.4, 0.5) is 24.0 Å². The van der Waals surface area contributed by atoms with Crippen molar-refractivity contribution in [2.75, 3.05) is 12.4 Å². The molecule has 0 bridgehead atoms. The maximum absolute atomic E-state index is 12.5. The molecule has 0 unspecified atom stereocenters. The molecule has 112 valence electrons. The maximum atomic E-state index is 12.5. The Kier molecular flexibility index (Phi) is 4.38. The normalized spacial score (nSPS) is 11.3. The van der Waals surface area contributed by atoms with Crippen molar-refractivity contribution in [3.63, 3.8) is 0 Å². The molecule has 0 amide bonds. The number of alkyl halides is 3. The van der Waals surface area contributed by atoms with Crippen molar-refractivity contribution in [1.82, 2.24) is 4.98 Å². The second-order valence-corrected chi connectivity index (χ2v) is 5.28. The number of anilines is 2. The van der Waals surface area contributed by atoms with Crippen LogP contribution in [-0.2, 0) is 10.9 Å². The number of nitrogens with zero attached hydrogens (tertiary/aromatic N) is 1. The Hall–Kier alpha value is -1.80. The van der Waals surface area contributed by atoms with E-state index in [-0.39, 0.29) is 15.6 Å². The molecule has 2 rings (SSSR count). The van der Waals surface area contributed by atoms with Crippen LogP contribution in [-0.4, -0.2) is 18.1 Å². The van der Waals surface area contributed by atoms with Crippen LogP contribution in [0.2, 0.25) is 5.02 Å². The van der Waals surface area contributed by atoms with Gasteiger partial charge in [0.05, 0.1) is 29.6 Å². The topological polar surface area (TPSA) is 51.2 Å². The third kappa shape index (κ3) is 3.64. The van der Waals surface area contributed by atoms with Gasteiger partial charge in [-0.3, -0.25) is 0 Å². The lowest BCUT2D eigenvalue weighted by atomic mass is 10.2. The lowest BCUT2D eigenvalue weighted by molar-refractivity contribution is -0.137. The molecule has 1 aromatic carbocycles. The number of ether oxygens (including phenoxy) is 1. The molecule has 21 heavy (non-hydrogen) atoms. The summed E-state index contributed by atoms with van der Waals surface area (Å²) in [7, 11) is 1.24. The molecule has 0 spiro atoms. The maximum Gasteiger partial charge on any atom is 0.416 e. The fraction of sp³-hybridized carbons (Fsp3) is 0.167. The lowest BCUT2D eigenvalue weighted by Gasteiger charge is -2.10. The SMILES string of the molecule is COC(=O)c1cnc(Nc2ccc(C(F)(F)F)cc2Cl)s1. The van der Waals surface area contributed by atoms with Crippen LogP contribution in [0.3, 0.4) is 0 Å². The van der Waals surface area contributed by atoms with Crippen LogP contribution in [0.25, 0.3) is 0 Å². The zero-order valence-corrected chi connectivity index (χ0v) is 12.1. The van der Waals surface area contributed by atoms with Gasteiger partial charge in [0.1, 0.15) is 4.88 Å². The molecule has 4 nitrogen and oxygen atoms in total. The summed E-state index contributed by atoms with van der Waals surface area (Å²) in [6.07, 6.45) is -3.15. The number of methoxy groups -OCH3 is 1. The standard InChI is InChI=1S/C12H8ClF3N2O2S/c1-20-10(19)9-5-17-11(21-9)18-8-3-2-6(4-7(8)13)12(14,15)16/h2-5H,1H3,(H,17,18). The van der Waals surface area contributed by atoms with Crippen LogP contribution in [0, 0.1) is 0 Å². The third-order valence-corrected chi connectivity index (χ3v) is 3.64. The largest absolute Gasteiger partial charge is 0.465 e. The first-order valence-corrected chi connectivity index (χ1v) is 6.68. The molecular formula is C12H8ClF3N2O2S. The van der Waals surface area contributed by atoms with Crippen LogP contribution in [0.5, 0.6) is 0 Å². The summed E-state index contributed by atoms with van der Waals surface area (Å²) in [5.41, 5.74) is -0.581. The summed E-state index contributed by atoms with van der Waals surface area (Å²) in [4.78, 5) is 15.5. The smallest absolute Gasteiger partial charge is 0.416 e. The fourth-order valence-electron chi connectivity index (χ4n) is 1.43. The highest BCUT2D eigenvalue weighted by atomic mass is 35.5. The molecular weight excluding hydrogens is 329 g/mol. The molecule has 0 aliphatic rings. The van der Waals surface area contributed by atoms with E-state index >= 15 is 0 Å². The van der Waals surface area contributed by atoms with Crippen molar-refractivity contribution in [2.24, 2.45) is 0 Å².